The van der Waals surface area contributed by atoms with Crippen molar-refractivity contribution in [2.75, 3.05) is 18.5 Å². The Bertz CT molecular complexity index is 711. The van der Waals surface area contributed by atoms with Crippen molar-refractivity contribution in [2.24, 2.45) is 5.73 Å². The first-order valence-electron chi connectivity index (χ1n) is 7.94. The van der Waals surface area contributed by atoms with Gasteiger partial charge < -0.3 is 15.8 Å². The molecule has 0 radical (unpaired) electrons. The molecule has 0 saturated carbocycles. The zero-order valence-electron chi connectivity index (χ0n) is 13.9. The van der Waals surface area contributed by atoms with E-state index in [2.05, 4.69) is 5.32 Å². The van der Waals surface area contributed by atoms with Crippen LogP contribution in [0, 0.1) is 6.92 Å². The Morgan fingerprint density at radius 3 is 2.58 bits per heavy atom. The van der Waals surface area contributed by atoms with Crippen molar-refractivity contribution in [3.8, 4) is 11.1 Å². The molecule has 6 heteroatoms. The number of carbonyl (C=O) groups is 2. The van der Waals surface area contributed by atoms with E-state index in [4.69, 9.17) is 10.5 Å². The maximum Gasteiger partial charge on any atom is 0.341 e. The van der Waals surface area contributed by atoms with Crippen LogP contribution in [-0.2, 0) is 9.53 Å². The molecule has 0 unspecified atom stereocenters. The third kappa shape index (κ3) is 4.21. The van der Waals surface area contributed by atoms with E-state index in [0.717, 1.165) is 16.0 Å². The van der Waals surface area contributed by atoms with Gasteiger partial charge in [0, 0.05) is 16.9 Å². The molecule has 1 aromatic heterocycles. The standard InChI is InChI=1S/C18H22N2O3S/c1-3-23-18(22)16-15(13-8-5-4-6-9-13)12(2)24-17(16)20-14(21)10-7-11-19/h4-6,8-9H,3,7,10-11,19H2,1-2H3,(H,20,21). The SMILES string of the molecule is CCOC(=O)c1c(NC(=O)CCCN)sc(C)c1-c1ccccc1. The van der Waals surface area contributed by atoms with E-state index >= 15 is 0 Å². The van der Waals surface area contributed by atoms with E-state index in [1.807, 2.05) is 37.3 Å². The summed E-state index contributed by atoms with van der Waals surface area (Å²) in [6.07, 6.45) is 0.937. The molecule has 2 rings (SSSR count). The molecule has 5 nitrogen and oxygen atoms in total. The van der Waals surface area contributed by atoms with Gasteiger partial charge in [0.15, 0.2) is 0 Å². The van der Waals surface area contributed by atoms with Crippen LogP contribution < -0.4 is 11.1 Å². The van der Waals surface area contributed by atoms with Gasteiger partial charge >= 0.3 is 5.97 Å². The van der Waals surface area contributed by atoms with Gasteiger partial charge in [-0.15, -0.1) is 11.3 Å². The van der Waals surface area contributed by atoms with Gasteiger partial charge in [-0.25, -0.2) is 4.79 Å². The lowest BCUT2D eigenvalue weighted by atomic mass is 10.0. The second-order valence-electron chi connectivity index (χ2n) is 5.26. The van der Waals surface area contributed by atoms with E-state index in [1.165, 1.54) is 11.3 Å². The summed E-state index contributed by atoms with van der Waals surface area (Å²) < 4.78 is 5.20. The van der Waals surface area contributed by atoms with Crippen LogP contribution in [0.25, 0.3) is 11.1 Å². The molecular formula is C18H22N2O3S. The summed E-state index contributed by atoms with van der Waals surface area (Å²) in [5.74, 6) is -0.568. The molecule has 0 fully saturated rings. The molecular weight excluding hydrogens is 324 g/mol. The molecule has 1 heterocycles. The minimum atomic E-state index is -0.421. The van der Waals surface area contributed by atoms with E-state index in [9.17, 15) is 9.59 Å². The minimum absolute atomic E-state index is 0.146. The van der Waals surface area contributed by atoms with Crippen LogP contribution in [-0.4, -0.2) is 25.0 Å². The highest BCUT2D eigenvalue weighted by Crippen LogP contribution is 2.40. The van der Waals surface area contributed by atoms with Crippen LogP contribution in [0.1, 0.15) is 35.0 Å². The number of aryl methyl sites for hydroxylation is 1. The Balaban J connectivity index is 2.44. The van der Waals surface area contributed by atoms with Crippen LogP contribution in [0.3, 0.4) is 0 Å². The summed E-state index contributed by atoms with van der Waals surface area (Å²) in [6.45, 7) is 4.43. The van der Waals surface area contributed by atoms with E-state index in [0.29, 0.717) is 30.0 Å². The summed E-state index contributed by atoms with van der Waals surface area (Å²) in [5.41, 5.74) is 7.60. The second kappa shape index (κ2) is 8.61. The lowest BCUT2D eigenvalue weighted by Gasteiger charge is -2.09. The Labute approximate surface area is 145 Å². The number of rotatable bonds is 7. The first kappa shape index (κ1) is 18.2. The molecule has 128 valence electrons. The summed E-state index contributed by atoms with van der Waals surface area (Å²) in [5, 5.41) is 3.37. The van der Waals surface area contributed by atoms with Crippen molar-refractivity contribution in [2.45, 2.75) is 26.7 Å². The molecule has 0 aliphatic carbocycles. The molecule has 0 atom stereocenters. The number of hydrogen-bond acceptors (Lipinski definition) is 5. The predicted molar refractivity (Wildman–Crippen MR) is 97.4 cm³/mol. The maximum atomic E-state index is 12.5. The molecule has 0 aliphatic rings. The highest BCUT2D eigenvalue weighted by molar-refractivity contribution is 7.17. The highest BCUT2D eigenvalue weighted by Gasteiger charge is 2.25. The van der Waals surface area contributed by atoms with E-state index in [1.54, 1.807) is 6.92 Å². The third-order valence-corrected chi connectivity index (χ3v) is 4.51. The molecule has 0 bridgehead atoms. The van der Waals surface area contributed by atoms with Crippen LogP contribution >= 0.6 is 11.3 Å². The van der Waals surface area contributed by atoms with Gasteiger partial charge in [0.25, 0.3) is 0 Å². The number of thiophene rings is 1. The number of anilines is 1. The molecule has 0 spiro atoms. The number of carbonyl (C=O) groups excluding carboxylic acids is 2. The minimum Gasteiger partial charge on any atom is -0.462 e. The normalized spacial score (nSPS) is 10.5. The fourth-order valence-electron chi connectivity index (χ4n) is 2.43. The molecule has 1 aromatic carbocycles. The van der Waals surface area contributed by atoms with Crippen LogP contribution in [0.4, 0.5) is 5.00 Å². The zero-order valence-corrected chi connectivity index (χ0v) is 14.7. The predicted octanol–water partition coefficient (Wildman–Crippen LogP) is 3.58. The molecule has 3 N–H and O–H groups in total. The number of ether oxygens (including phenoxy) is 1. The monoisotopic (exact) mass is 346 g/mol. The number of hydrogen-bond donors (Lipinski definition) is 2. The van der Waals surface area contributed by atoms with Crippen LogP contribution in [0.2, 0.25) is 0 Å². The van der Waals surface area contributed by atoms with Crippen molar-refractivity contribution in [1.82, 2.24) is 0 Å². The Morgan fingerprint density at radius 2 is 1.96 bits per heavy atom. The molecule has 0 aliphatic heterocycles. The molecule has 2 aromatic rings. The van der Waals surface area contributed by atoms with Crippen LogP contribution in [0.15, 0.2) is 30.3 Å². The van der Waals surface area contributed by atoms with Crippen LogP contribution in [0.5, 0.6) is 0 Å². The Morgan fingerprint density at radius 1 is 1.25 bits per heavy atom. The summed E-state index contributed by atoms with van der Waals surface area (Å²) in [7, 11) is 0. The molecule has 0 saturated heterocycles. The summed E-state index contributed by atoms with van der Waals surface area (Å²) in [6, 6.07) is 9.64. The Kier molecular flexibility index (Phi) is 6.52. The van der Waals surface area contributed by atoms with Crippen molar-refractivity contribution in [3.63, 3.8) is 0 Å². The Hall–Kier alpha value is -2.18. The van der Waals surface area contributed by atoms with Gasteiger partial charge in [-0.05, 0) is 32.4 Å². The van der Waals surface area contributed by atoms with E-state index in [-0.39, 0.29) is 12.5 Å². The quantitative estimate of drug-likeness (QED) is 0.751. The first-order valence-corrected chi connectivity index (χ1v) is 8.76. The lowest BCUT2D eigenvalue weighted by Crippen LogP contribution is -2.15. The fourth-order valence-corrected chi connectivity index (χ4v) is 3.52. The summed E-state index contributed by atoms with van der Waals surface area (Å²) in [4.78, 5) is 25.5. The first-order chi connectivity index (χ1) is 11.6. The number of esters is 1. The third-order valence-electron chi connectivity index (χ3n) is 3.49. The fraction of sp³-hybridized carbons (Fsp3) is 0.333. The van der Waals surface area contributed by atoms with Crippen molar-refractivity contribution in [3.05, 3.63) is 40.8 Å². The van der Waals surface area contributed by atoms with Gasteiger partial charge in [-0.1, -0.05) is 30.3 Å². The molecule has 1 amide bonds. The smallest absolute Gasteiger partial charge is 0.341 e. The number of nitrogens with one attached hydrogen (secondary N) is 1. The van der Waals surface area contributed by atoms with Gasteiger partial charge in [0.2, 0.25) is 5.91 Å². The molecule has 24 heavy (non-hydrogen) atoms. The lowest BCUT2D eigenvalue weighted by molar-refractivity contribution is -0.116. The second-order valence-corrected chi connectivity index (χ2v) is 6.49. The van der Waals surface area contributed by atoms with Gasteiger partial charge in [0.1, 0.15) is 10.6 Å². The van der Waals surface area contributed by atoms with Crippen molar-refractivity contribution < 1.29 is 14.3 Å². The largest absolute Gasteiger partial charge is 0.462 e. The summed E-state index contributed by atoms with van der Waals surface area (Å²) >= 11 is 1.39. The maximum absolute atomic E-state index is 12.5. The zero-order chi connectivity index (χ0) is 17.5. The number of nitrogens with two attached hydrogens (primary N) is 1. The topological polar surface area (TPSA) is 81.4 Å². The average molecular weight is 346 g/mol. The van der Waals surface area contributed by atoms with Crippen molar-refractivity contribution >= 4 is 28.2 Å². The van der Waals surface area contributed by atoms with E-state index < -0.39 is 5.97 Å². The number of amides is 1. The highest BCUT2D eigenvalue weighted by atomic mass is 32.1. The number of benzene rings is 1. The van der Waals surface area contributed by atoms with Crippen molar-refractivity contribution in [1.29, 1.82) is 0 Å². The van der Waals surface area contributed by atoms with Gasteiger partial charge in [-0.3, -0.25) is 4.79 Å². The average Bonchev–Trinajstić information content (AvgIpc) is 2.90. The van der Waals surface area contributed by atoms with Gasteiger partial charge in [0.05, 0.1) is 6.61 Å². The van der Waals surface area contributed by atoms with Gasteiger partial charge in [-0.2, -0.15) is 0 Å².